The number of fused-ring (bicyclic) bond motifs is 2. The second kappa shape index (κ2) is 6.38. The maximum atomic E-state index is 11.4. The normalized spacial score (nSPS) is 32.0. The zero-order chi connectivity index (χ0) is 14.8. The summed E-state index contributed by atoms with van der Waals surface area (Å²) in [5, 5.41) is 7.74. The number of rotatable bonds is 2. The SMILES string of the molecule is COC(=O)N1CCC(NC(=S)NC2CC3CCC2C3)CC1. The molecule has 3 unspecified atom stereocenters. The number of carbonyl (C=O) groups is 1. The maximum Gasteiger partial charge on any atom is 0.409 e. The van der Waals surface area contributed by atoms with Crippen LogP contribution in [0.1, 0.15) is 38.5 Å². The Morgan fingerprint density at radius 3 is 2.48 bits per heavy atom. The quantitative estimate of drug-likeness (QED) is 0.763. The third-order valence-electron chi connectivity index (χ3n) is 5.32. The number of hydrogen-bond donors (Lipinski definition) is 2. The van der Waals surface area contributed by atoms with Crippen molar-refractivity contribution < 1.29 is 9.53 Å². The highest BCUT2D eigenvalue weighted by Crippen LogP contribution is 2.44. The lowest BCUT2D eigenvalue weighted by Crippen LogP contribution is -2.51. The first kappa shape index (κ1) is 14.9. The van der Waals surface area contributed by atoms with Crippen LogP contribution in [0.3, 0.4) is 0 Å². The van der Waals surface area contributed by atoms with Crippen molar-refractivity contribution in [3.8, 4) is 0 Å². The molecule has 2 saturated carbocycles. The number of methoxy groups -OCH3 is 1. The second-order valence-corrected chi connectivity index (χ2v) is 7.04. The highest BCUT2D eigenvalue weighted by atomic mass is 32.1. The van der Waals surface area contributed by atoms with Crippen molar-refractivity contribution in [2.75, 3.05) is 20.2 Å². The Balaban J connectivity index is 1.39. The van der Waals surface area contributed by atoms with Crippen LogP contribution in [-0.4, -0.2) is 48.4 Å². The summed E-state index contributed by atoms with van der Waals surface area (Å²) in [6.45, 7) is 1.47. The van der Waals surface area contributed by atoms with Gasteiger partial charge in [0, 0.05) is 25.2 Å². The largest absolute Gasteiger partial charge is 0.453 e. The summed E-state index contributed by atoms with van der Waals surface area (Å²) in [6, 6.07) is 0.948. The molecule has 3 aliphatic rings. The lowest BCUT2D eigenvalue weighted by molar-refractivity contribution is 0.111. The van der Waals surface area contributed by atoms with E-state index in [-0.39, 0.29) is 6.09 Å². The smallest absolute Gasteiger partial charge is 0.409 e. The fraction of sp³-hybridized carbons (Fsp3) is 0.867. The van der Waals surface area contributed by atoms with Crippen molar-refractivity contribution in [1.82, 2.24) is 15.5 Å². The van der Waals surface area contributed by atoms with Gasteiger partial charge in [-0.2, -0.15) is 0 Å². The number of carbonyl (C=O) groups excluding carboxylic acids is 1. The number of likely N-dealkylation sites (tertiary alicyclic amines) is 1. The van der Waals surface area contributed by atoms with Crippen LogP contribution in [0.25, 0.3) is 0 Å². The van der Waals surface area contributed by atoms with Gasteiger partial charge in [-0.3, -0.25) is 0 Å². The minimum Gasteiger partial charge on any atom is -0.453 e. The summed E-state index contributed by atoms with van der Waals surface area (Å²) in [4.78, 5) is 13.2. The van der Waals surface area contributed by atoms with Gasteiger partial charge < -0.3 is 20.3 Å². The van der Waals surface area contributed by atoms with E-state index in [1.165, 1.54) is 32.8 Å². The lowest BCUT2D eigenvalue weighted by Gasteiger charge is -2.33. The lowest BCUT2D eigenvalue weighted by atomic mass is 9.95. The molecule has 3 fully saturated rings. The van der Waals surface area contributed by atoms with Gasteiger partial charge in [0.25, 0.3) is 0 Å². The molecule has 0 aromatic carbocycles. The van der Waals surface area contributed by atoms with E-state index in [0.717, 1.165) is 42.9 Å². The number of nitrogens with zero attached hydrogens (tertiary/aromatic N) is 1. The average Bonchev–Trinajstić information content (AvgIpc) is 3.09. The molecule has 1 amide bonds. The van der Waals surface area contributed by atoms with E-state index < -0.39 is 0 Å². The zero-order valence-corrected chi connectivity index (χ0v) is 13.5. The van der Waals surface area contributed by atoms with Crippen molar-refractivity contribution in [2.24, 2.45) is 11.8 Å². The number of hydrogen-bond acceptors (Lipinski definition) is 3. The van der Waals surface area contributed by atoms with E-state index in [9.17, 15) is 4.79 Å². The number of amides is 1. The van der Waals surface area contributed by atoms with Crippen molar-refractivity contribution in [1.29, 1.82) is 0 Å². The molecule has 21 heavy (non-hydrogen) atoms. The molecule has 0 aromatic rings. The molecule has 3 atom stereocenters. The number of nitrogens with one attached hydrogen (secondary N) is 2. The summed E-state index contributed by atoms with van der Waals surface area (Å²) >= 11 is 5.46. The molecular weight excluding hydrogens is 286 g/mol. The van der Waals surface area contributed by atoms with Gasteiger partial charge >= 0.3 is 6.09 Å². The molecule has 3 rings (SSSR count). The van der Waals surface area contributed by atoms with Crippen LogP contribution in [0.2, 0.25) is 0 Å². The zero-order valence-electron chi connectivity index (χ0n) is 12.6. The summed E-state index contributed by atoms with van der Waals surface area (Å²) in [6.07, 6.45) is 7.07. The molecule has 118 valence electrons. The molecule has 0 aromatic heterocycles. The molecular formula is C15H25N3O2S. The topological polar surface area (TPSA) is 53.6 Å². The molecule has 2 aliphatic carbocycles. The number of ether oxygens (including phenoxy) is 1. The van der Waals surface area contributed by atoms with Gasteiger partial charge in [-0.15, -0.1) is 0 Å². The van der Waals surface area contributed by atoms with Crippen molar-refractivity contribution in [3.05, 3.63) is 0 Å². The van der Waals surface area contributed by atoms with Crippen LogP contribution in [0.4, 0.5) is 4.79 Å². The van der Waals surface area contributed by atoms with Gasteiger partial charge in [-0.25, -0.2) is 4.79 Å². The summed E-state index contributed by atoms with van der Waals surface area (Å²) < 4.78 is 4.75. The Morgan fingerprint density at radius 1 is 1.14 bits per heavy atom. The average molecular weight is 311 g/mol. The van der Waals surface area contributed by atoms with E-state index in [0.29, 0.717) is 12.1 Å². The molecule has 2 bridgehead atoms. The van der Waals surface area contributed by atoms with Crippen molar-refractivity contribution >= 4 is 23.4 Å². The minimum absolute atomic E-state index is 0.226. The summed E-state index contributed by atoms with van der Waals surface area (Å²) in [7, 11) is 1.43. The highest BCUT2D eigenvalue weighted by Gasteiger charge is 2.39. The van der Waals surface area contributed by atoms with Crippen molar-refractivity contribution in [2.45, 2.75) is 50.6 Å². The van der Waals surface area contributed by atoms with Crippen LogP contribution in [0.15, 0.2) is 0 Å². The predicted octanol–water partition coefficient (Wildman–Crippen LogP) is 1.87. The molecule has 0 spiro atoms. The summed E-state index contributed by atoms with van der Waals surface area (Å²) in [5.74, 6) is 1.76. The van der Waals surface area contributed by atoms with Gasteiger partial charge in [0.2, 0.25) is 0 Å². The van der Waals surface area contributed by atoms with E-state index in [1.54, 1.807) is 4.90 Å². The monoisotopic (exact) mass is 311 g/mol. The Hall–Kier alpha value is -1.04. The molecule has 5 nitrogen and oxygen atoms in total. The van der Waals surface area contributed by atoms with Crippen LogP contribution < -0.4 is 10.6 Å². The van der Waals surface area contributed by atoms with Crippen LogP contribution in [-0.2, 0) is 4.74 Å². The molecule has 2 N–H and O–H groups in total. The Morgan fingerprint density at radius 2 is 1.90 bits per heavy atom. The first-order valence-corrected chi connectivity index (χ1v) is 8.46. The van der Waals surface area contributed by atoms with E-state index in [4.69, 9.17) is 17.0 Å². The van der Waals surface area contributed by atoms with Gasteiger partial charge in [-0.1, -0.05) is 6.42 Å². The molecule has 1 saturated heterocycles. The van der Waals surface area contributed by atoms with Crippen LogP contribution >= 0.6 is 12.2 Å². The molecule has 1 heterocycles. The van der Waals surface area contributed by atoms with Crippen LogP contribution in [0, 0.1) is 11.8 Å². The Kier molecular flexibility index (Phi) is 4.52. The first-order valence-electron chi connectivity index (χ1n) is 8.05. The Labute approximate surface area is 131 Å². The standard InChI is InChI=1S/C15H25N3O2S/c1-20-15(19)18-6-4-12(5-7-18)16-14(21)17-13-9-10-2-3-11(13)8-10/h10-13H,2-9H2,1H3,(H2,16,17,21). The predicted molar refractivity (Wildman–Crippen MR) is 85.1 cm³/mol. The highest BCUT2D eigenvalue weighted by molar-refractivity contribution is 7.80. The number of piperidine rings is 1. The molecule has 0 radical (unpaired) electrons. The maximum absolute atomic E-state index is 11.4. The van der Waals surface area contributed by atoms with E-state index in [1.807, 2.05) is 0 Å². The van der Waals surface area contributed by atoms with E-state index >= 15 is 0 Å². The van der Waals surface area contributed by atoms with Gasteiger partial charge in [0.05, 0.1) is 7.11 Å². The van der Waals surface area contributed by atoms with E-state index in [2.05, 4.69) is 10.6 Å². The third kappa shape index (κ3) is 3.42. The molecule has 1 aliphatic heterocycles. The van der Waals surface area contributed by atoms with Crippen molar-refractivity contribution in [3.63, 3.8) is 0 Å². The number of thiocarbonyl (C=S) groups is 1. The van der Waals surface area contributed by atoms with Crippen LogP contribution in [0.5, 0.6) is 0 Å². The Bertz CT molecular complexity index is 410. The fourth-order valence-corrected chi connectivity index (χ4v) is 4.47. The minimum atomic E-state index is -0.226. The van der Waals surface area contributed by atoms with Gasteiger partial charge in [0.15, 0.2) is 5.11 Å². The third-order valence-corrected chi connectivity index (χ3v) is 5.55. The molecule has 6 heteroatoms. The fourth-order valence-electron chi connectivity index (χ4n) is 4.15. The van der Waals surface area contributed by atoms with Gasteiger partial charge in [0.1, 0.15) is 0 Å². The summed E-state index contributed by atoms with van der Waals surface area (Å²) in [5.41, 5.74) is 0. The second-order valence-electron chi connectivity index (χ2n) is 6.63. The first-order chi connectivity index (χ1) is 10.2. The van der Waals surface area contributed by atoms with Gasteiger partial charge in [-0.05, 0) is 56.2 Å².